The van der Waals surface area contributed by atoms with E-state index in [1.165, 1.54) is 0 Å². The zero-order valence-electron chi connectivity index (χ0n) is 10.5. The van der Waals surface area contributed by atoms with E-state index in [0.717, 1.165) is 19.3 Å². The Hall–Kier alpha value is -1.42. The molecule has 6 heteroatoms. The molecule has 102 valence electrons. The van der Waals surface area contributed by atoms with Crippen molar-refractivity contribution in [1.82, 2.24) is 4.72 Å². The monoisotopic (exact) mass is 279 g/mol. The van der Waals surface area contributed by atoms with E-state index in [9.17, 15) is 8.42 Å². The topological polar surface area (TPSA) is 96.0 Å². The number of nitrogens with zero attached hydrogens (tertiary/aromatic N) is 1. The molecule has 1 aliphatic carbocycles. The molecule has 1 fully saturated rings. The van der Waals surface area contributed by atoms with Gasteiger partial charge in [-0.05, 0) is 30.5 Å². The van der Waals surface area contributed by atoms with Crippen LogP contribution in [0.5, 0.6) is 0 Å². The van der Waals surface area contributed by atoms with Crippen LogP contribution in [0, 0.1) is 11.3 Å². The molecule has 0 aliphatic heterocycles. The van der Waals surface area contributed by atoms with Crippen molar-refractivity contribution in [3.05, 3.63) is 35.4 Å². The van der Waals surface area contributed by atoms with E-state index in [2.05, 4.69) is 4.72 Å². The average molecular weight is 279 g/mol. The molecule has 0 aromatic heterocycles. The lowest BCUT2D eigenvalue weighted by Gasteiger charge is -2.17. The van der Waals surface area contributed by atoms with E-state index in [4.69, 9.17) is 11.0 Å². The van der Waals surface area contributed by atoms with Gasteiger partial charge < -0.3 is 5.73 Å². The van der Waals surface area contributed by atoms with Crippen molar-refractivity contribution < 1.29 is 8.42 Å². The summed E-state index contributed by atoms with van der Waals surface area (Å²) < 4.78 is 26.7. The van der Waals surface area contributed by atoms with Gasteiger partial charge in [0.1, 0.15) is 0 Å². The van der Waals surface area contributed by atoms with Crippen molar-refractivity contribution in [2.75, 3.05) is 0 Å². The number of hydrogen-bond acceptors (Lipinski definition) is 4. The van der Waals surface area contributed by atoms with Gasteiger partial charge in [0, 0.05) is 12.1 Å². The summed E-state index contributed by atoms with van der Waals surface area (Å²) in [4.78, 5) is 0. The Morgan fingerprint density at radius 1 is 1.32 bits per heavy atom. The average Bonchev–Trinajstić information content (AvgIpc) is 2.75. The SMILES string of the molecule is N#Cc1ccc(CS(=O)(=O)NC2CCCC2N)cc1. The Bertz CT molecular complexity index is 575. The molecule has 0 amide bonds. The molecule has 0 spiro atoms. The summed E-state index contributed by atoms with van der Waals surface area (Å²) in [5, 5.41) is 8.69. The summed E-state index contributed by atoms with van der Waals surface area (Å²) in [7, 11) is -3.38. The fraction of sp³-hybridized carbons (Fsp3) is 0.462. The molecule has 2 rings (SSSR count). The maximum atomic E-state index is 12.0. The van der Waals surface area contributed by atoms with E-state index in [-0.39, 0.29) is 17.8 Å². The Morgan fingerprint density at radius 3 is 2.53 bits per heavy atom. The second-order valence-corrected chi connectivity index (χ2v) is 6.64. The minimum absolute atomic E-state index is 0.0814. The van der Waals surface area contributed by atoms with Crippen LogP contribution >= 0.6 is 0 Å². The van der Waals surface area contributed by atoms with Crippen LogP contribution in [0.3, 0.4) is 0 Å². The number of sulfonamides is 1. The van der Waals surface area contributed by atoms with Crippen molar-refractivity contribution in [2.24, 2.45) is 5.73 Å². The Balaban J connectivity index is 2.02. The van der Waals surface area contributed by atoms with Crippen LogP contribution < -0.4 is 10.5 Å². The molecule has 2 unspecified atom stereocenters. The van der Waals surface area contributed by atoms with Crippen LogP contribution in [0.4, 0.5) is 0 Å². The van der Waals surface area contributed by atoms with Gasteiger partial charge in [0.25, 0.3) is 0 Å². The number of hydrogen-bond donors (Lipinski definition) is 2. The van der Waals surface area contributed by atoms with Crippen molar-refractivity contribution in [3.63, 3.8) is 0 Å². The fourth-order valence-electron chi connectivity index (χ4n) is 2.30. The zero-order chi connectivity index (χ0) is 13.9. The molecule has 2 atom stereocenters. The molecule has 1 aromatic rings. The predicted molar refractivity (Wildman–Crippen MR) is 72.5 cm³/mol. The molecule has 1 aromatic carbocycles. The van der Waals surface area contributed by atoms with Crippen LogP contribution in [0.1, 0.15) is 30.4 Å². The highest BCUT2D eigenvalue weighted by Gasteiger charge is 2.27. The third-order valence-corrected chi connectivity index (χ3v) is 4.72. The van der Waals surface area contributed by atoms with Gasteiger partial charge in [-0.25, -0.2) is 13.1 Å². The van der Waals surface area contributed by atoms with Gasteiger partial charge in [-0.2, -0.15) is 5.26 Å². The van der Waals surface area contributed by atoms with Crippen LogP contribution in [-0.4, -0.2) is 20.5 Å². The van der Waals surface area contributed by atoms with Crippen LogP contribution in [0.2, 0.25) is 0 Å². The van der Waals surface area contributed by atoms with Gasteiger partial charge in [-0.3, -0.25) is 0 Å². The lowest BCUT2D eigenvalue weighted by atomic mass is 10.2. The first-order chi connectivity index (χ1) is 9.00. The number of nitrogens with two attached hydrogens (primary N) is 1. The fourth-order valence-corrected chi connectivity index (χ4v) is 3.77. The van der Waals surface area contributed by atoms with Crippen LogP contribution in [-0.2, 0) is 15.8 Å². The lowest BCUT2D eigenvalue weighted by molar-refractivity contribution is 0.522. The first-order valence-electron chi connectivity index (χ1n) is 6.25. The molecule has 0 saturated heterocycles. The van der Waals surface area contributed by atoms with Gasteiger partial charge >= 0.3 is 0 Å². The summed E-state index contributed by atoms with van der Waals surface area (Å²) in [5.74, 6) is -0.0814. The van der Waals surface area contributed by atoms with E-state index < -0.39 is 10.0 Å². The quantitative estimate of drug-likeness (QED) is 0.854. The highest BCUT2D eigenvalue weighted by atomic mass is 32.2. The Labute approximate surface area is 113 Å². The van der Waals surface area contributed by atoms with Gasteiger partial charge in [-0.15, -0.1) is 0 Å². The van der Waals surface area contributed by atoms with Crippen LogP contribution in [0.15, 0.2) is 24.3 Å². The number of benzene rings is 1. The molecule has 0 radical (unpaired) electrons. The van der Waals surface area contributed by atoms with Gasteiger partial charge in [0.2, 0.25) is 10.0 Å². The first kappa shape index (κ1) is 14.0. The van der Waals surface area contributed by atoms with E-state index >= 15 is 0 Å². The molecule has 1 saturated carbocycles. The maximum absolute atomic E-state index is 12.0. The van der Waals surface area contributed by atoms with E-state index in [1.807, 2.05) is 6.07 Å². The van der Waals surface area contributed by atoms with E-state index in [1.54, 1.807) is 24.3 Å². The summed E-state index contributed by atoms with van der Waals surface area (Å²) in [6.07, 6.45) is 2.63. The van der Waals surface area contributed by atoms with E-state index in [0.29, 0.717) is 11.1 Å². The normalized spacial score (nSPS) is 23.2. The van der Waals surface area contributed by atoms with Gasteiger partial charge in [-0.1, -0.05) is 18.6 Å². The largest absolute Gasteiger partial charge is 0.326 e. The number of nitriles is 1. The smallest absolute Gasteiger partial charge is 0.216 e. The molecule has 5 nitrogen and oxygen atoms in total. The Kier molecular flexibility index (Phi) is 4.20. The number of rotatable bonds is 4. The molecule has 0 bridgehead atoms. The van der Waals surface area contributed by atoms with Crippen molar-refractivity contribution >= 4 is 10.0 Å². The second-order valence-electron chi connectivity index (χ2n) is 4.89. The third-order valence-electron chi connectivity index (χ3n) is 3.34. The van der Waals surface area contributed by atoms with Crippen molar-refractivity contribution in [3.8, 4) is 6.07 Å². The summed E-state index contributed by atoms with van der Waals surface area (Å²) in [5.41, 5.74) is 7.04. The minimum atomic E-state index is -3.38. The molecule has 3 N–H and O–H groups in total. The minimum Gasteiger partial charge on any atom is -0.326 e. The molecule has 1 aliphatic rings. The standard InChI is InChI=1S/C13H17N3O2S/c14-8-10-4-6-11(7-5-10)9-19(17,18)16-13-3-1-2-12(13)15/h4-7,12-13,16H,1-3,9,15H2. The van der Waals surface area contributed by atoms with Gasteiger partial charge in [0.15, 0.2) is 0 Å². The highest BCUT2D eigenvalue weighted by molar-refractivity contribution is 7.88. The molecule has 0 heterocycles. The molecular formula is C13H17N3O2S. The zero-order valence-corrected chi connectivity index (χ0v) is 11.4. The first-order valence-corrected chi connectivity index (χ1v) is 7.90. The highest BCUT2D eigenvalue weighted by Crippen LogP contribution is 2.18. The Morgan fingerprint density at radius 2 is 2.00 bits per heavy atom. The van der Waals surface area contributed by atoms with Gasteiger partial charge in [0.05, 0.1) is 17.4 Å². The number of nitrogens with one attached hydrogen (secondary N) is 1. The second kappa shape index (κ2) is 5.70. The predicted octanol–water partition coefficient (Wildman–Crippen LogP) is 0.857. The van der Waals surface area contributed by atoms with Crippen LogP contribution in [0.25, 0.3) is 0 Å². The lowest BCUT2D eigenvalue weighted by Crippen LogP contribution is -2.44. The molecular weight excluding hydrogens is 262 g/mol. The summed E-state index contributed by atoms with van der Waals surface area (Å²) in [6, 6.07) is 8.32. The third kappa shape index (κ3) is 3.77. The summed E-state index contributed by atoms with van der Waals surface area (Å²) in [6.45, 7) is 0. The summed E-state index contributed by atoms with van der Waals surface area (Å²) >= 11 is 0. The van der Waals surface area contributed by atoms with Crippen molar-refractivity contribution in [2.45, 2.75) is 37.1 Å². The van der Waals surface area contributed by atoms with Crippen molar-refractivity contribution in [1.29, 1.82) is 5.26 Å². The maximum Gasteiger partial charge on any atom is 0.216 e. The molecule has 19 heavy (non-hydrogen) atoms.